The zero-order valence-electron chi connectivity index (χ0n) is 7.53. The number of hydrogen-bond donors (Lipinski definition) is 3. The van der Waals surface area contributed by atoms with Crippen molar-refractivity contribution >= 4 is 0 Å². The van der Waals surface area contributed by atoms with Crippen LogP contribution in [0.25, 0.3) is 0 Å². The standard InChI is InChI=1S/C7H14N4O2/c1-6(12)4-8-2-3-11-5-9-10-7(11)13/h5-6,8,12H,2-4H2,1H3,(H,10,13). The van der Waals surface area contributed by atoms with Crippen LogP contribution in [0.15, 0.2) is 11.1 Å². The second kappa shape index (κ2) is 4.78. The molecule has 6 nitrogen and oxygen atoms in total. The second-order valence-corrected chi connectivity index (χ2v) is 2.91. The lowest BCUT2D eigenvalue weighted by atomic mass is 10.4. The van der Waals surface area contributed by atoms with Gasteiger partial charge in [0.25, 0.3) is 0 Å². The molecule has 0 aliphatic rings. The summed E-state index contributed by atoms with van der Waals surface area (Å²) in [6.07, 6.45) is 1.09. The number of aromatic amines is 1. The smallest absolute Gasteiger partial charge is 0.343 e. The van der Waals surface area contributed by atoms with Crippen LogP contribution in [0, 0.1) is 0 Å². The Morgan fingerprint density at radius 1 is 1.85 bits per heavy atom. The Morgan fingerprint density at radius 3 is 3.15 bits per heavy atom. The summed E-state index contributed by atoms with van der Waals surface area (Å²) in [4.78, 5) is 10.9. The van der Waals surface area contributed by atoms with Crippen LogP contribution in [0.1, 0.15) is 6.92 Å². The summed E-state index contributed by atoms with van der Waals surface area (Å²) in [6.45, 7) is 3.44. The average molecular weight is 186 g/mol. The van der Waals surface area contributed by atoms with Gasteiger partial charge in [-0.15, -0.1) is 0 Å². The van der Waals surface area contributed by atoms with Crippen LogP contribution in [-0.4, -0.2) is 39.1 Å². The van der Waals surface area contributed by atoms with E-state index in [1.54, 1.807) is 6.92 Å². The molecular weight excluding hydrogens is 172 g/mol. The molecule has 0 aromatic carbocycles. The van der Waals surface area contributed by atoms with E-state index in [0.29, 0.717) is 19.6 Å². The summed E-state index contributed by atoms with van der Waals surface area (Å²) in [7, 11) is 0. The third-order valence-electron chi connectivity index (χ3n) is 1.59. The molecular formula is C7H14N4O2. The third kappa shape index (κ3) is 3.39. The van der Waals surface area contributed by atoms with Crippen molar-refractivity contribution in [3.63, 3.8) is 0 Å². The van der Waals surface area contributed by atoms with Gasteiger partial charge in [-0.25, -0.2) is 9.89 Å². The molecule has 0 saturated heterocycles. The second-order valence-electron chi connectivity index (χ2n) is 2.91. The zero-order chi connectivity index (χ0) is 9.68. The fourth-order valence-corrected chi connectivity index (χ4v) is 0.940. The highest BCUT2D eigenvalue weighted by molar-refractivity contribution is 4.64. The lowest BCUT2D eigenvalue weighted by Crippen LogP contribution is -2.29. The van der Waals surface area contributed by atoms with Crippen LogP contribution in [0.4, 0.5) is 0 Å². The molecule has 0 fully saturated rings. The molecule has 1 aromatic rings. The summed E-state index contributed by atoms with van der Waals surface area (Å²) in [5.74, 6) is 0. The molecule has 0 aliphatic carbocycles. The van der Waals surface area contributed by atoms with Gasteiger partial charge in [-0.3, -0.25) is 4.57 Å². The number of hydrogen-bond acceptors (Lipinski definition) is 4. The summed E-state index contributed by atoms with van der Waals surface area (Å²) < 4.78 is 1.47. The van der Waals surface area contributed by atoms with Gasteiger partial charge in [0.2, 0.25) is 0 Å². The fourth-order valence-electron chi connectivity index (χ4n) is 0.940. The van der Waals surface area contributed by atoms with Crippen LogP contribution < -0.4 is 11.0 Å². The highest BCUT2D eigenvalue weighted by Gasteiger charge is 1.97. The maximum Gasteiger partial charge on any atom is 0.343 e. The molecule has 1 heterocycles. The summed E-state index contributed by atoms with van der Waals surface area (Å²) in [5.41, 5.74) is -0.209. The lowest BCUT2D eigenvalue weighted by Gasteiger charge is -2.05. The van der Waals surface area contributed by atoms with E-state index in [-0.39, 0.29) is 11.8 Å². The van der Waals surface area contributed by atoms with Crippen LogP contribution in [0.3, 0.4) is 0 Å². The van der Waals surface area contributed by atoms with E-state index in [9.17, 15) is 4.79 Å². The molecule has 6 heteroatoms. The fraction of sp³-hybridized carbons (Fsp3) is 0.714. The number of rotatable bonds is 5. The predicted octanol–water partition coefficient (Wildman–Crippen LogP) is -1.46. The van der Waals surface area contributed by atoms with Gasteiger partial charge in [0.05, 0.1) is 6.10 Å². The number of aliphatic hydroxyl groups is 1. The van der Waals surface area contributed by atoms with Gasteiger partial charge >= 0.3 is 5.69 Å². The normalized spacial score (nSPS) is 13.1. The monoisotopic (exact) mass is 186 g/mol. The highest BCUT2D eigenvalue weighted by Crippen LogP contribution is 1.77. The van der Waals surface area contributed by atoms with Gasteiger partial charge in [-0.1, -0.05) is 0 Å². The Morgan fingerprint density at radius 2 is 2.62 bits per heavy atom. The number of nitrogens with zero attached hydrogens (tertiary/aromatic N) is 2. The van der Waals surface area contributed by atoms with E-state index in [1.807, 2.05) is 0 Å². The van der Waals surface area contributed by atoms with Crippen molar-refractivity contribution in [3.05, 3.63) is 16.8 Å². The first-order chi connectivity index (χ1) is 6.20. The minimum Gasteiger partial charge on any atom is -0.392 e. The Hall–Kier alpha value is -1.14. The van der Waals surface area contributed by atoms with E-state index in [0.717, 1.165) is 0 Å². The van der Waals surface area contributed by atoms with Crippen molar-refractivity contribution in [1.29, 1.82) is 0 Å². The molecule has 0 bridgehead atoms. The predicted molar refractivity (Wildman–Crippen MR) is 47.4 cm³/mol. The van der Waals surface area contributed by atoms with Crippen molar-refractivity contribution in [2.75, 3.05) is 13.1 Å². The largest absolute Gasteiger partial charge is 0.392 e. The molecule has 1 atom stereocenters. The first-order valence-corrected chi connectivity index (χ1v) is 4.18. The minimum absolute atomic E-state index is 0.209. The molecule has 0 spiro atoms. The first kappa shape index (κ1) is 9.94. The maximum atomic E-state index is 10.9. The van der Waals surface area contributed by atoms with E-state index in [4.69, 9.17) is 5.11 Å². The Labute approximate surface area is 75.6 Å². The number of aliphatic hydroxyl groups excluding tert-OH is 1. The van der Waals surface area contributed by atoms with Crippen molar-refractivity contribution < 1.29 is 5.11 Å². The van der Waals surface area contributed by atoms with Gasteiger partial charge < -0.3 is 10.4 Å². The Kier molecular flexibility index (Phi) is 3.66. The summed E-state index contributed by atoms with van der Waals surface area (Å²) in [6, 6.07) is 0. The van der Waals surface area contributed by atoms with E-state index >= 15 is 0 Å². The minimum atomic E-state index is -0.360. The molecule has 74 valence electrons. The Bertz CT molecular complexity index is 291. The molecule has 1 aromatic heterocycles. The van der Waals surface area contributed by atoms with Gasteiger partial charge in [0.1, 0.15) is 6.33 Å². The topological polar surface area (TPSA) is 82.9 Å². The van der Waals surface area contributed by atoms with E-state index < -0.39 is 0 Å². The van der Waals surface area contributed by atoms with Gasteiger partial charge in [-0.05, 0) is 6.92 Å². The molecule has 1 rings (SSSR count). The SMILES string of the molecule is CC(O)CNCCn1cn[nH]c1=O. The number of H-pyrrole nitrogens is 1. The molecule has 13 heavy (non-hydrogen) atoms. The van der Waals surface area contributed by atoms with Crippen LogP contribution in [-0.2, 0) is 6.54 Å². The van der Waals surface area contributed by atoms with Gasteiger partial charge in [0, 0.05) is 19.6 Å². The molecule has 0 saturated carbocycles. The Balaban J connectivity index is 2.21. The molecule has 0 aliphatic heterocycles. The highest BCUT2D eigenvalue weighted by atomic mass is 16.3. The van der Waals surface area contributed by atoms with Gasteiger partial charge in [-0.2, -0.15) is 5.10 Å². The van der Waals surface area contributed by atoms with E-state index in [2.05, 4.69) is 15.5 Å². The molecule has 0 amide bonds. The number of aromatic nitrogens is 3. The molecule has 3 N–H and O–H groups in total. The van der Waals surface area contributed by atoms with Crippen molar-refractivity contribution in [1.82, 2.24) is 20.1 Å². The van der Waals surface area contributed by atoms with E-state index in [1.165, 1.54) is 10.9 Å². The maximum absolute atomic E-state index is 10.9. The average Bonchev–Trinajstić information content (AvgIpc) is 2.45. The van der Waals surface area contributed by atoms with Crippen LogP contribution >= 0.6 is 0 Å². The quantitative estimate of drug-likeness (QED) is 0.491. The summed E-state index contributed by atoms with van der Waals surface area (Å²) in [5, 5.41) is 17.8. The third-order valence-corrected chi connectivity index (χ3v) is 1.59. The number of nitrogens with one attached hydrogen (secondary N) is 2. The lowest BCUT2D eigenvalue weighted by molar-refractivity contribution is 0.191. The van der Waals surface area contributed by atoms with Crippen LogP contribution in [0.2, 0.25) is 0 Å². The van der Waals surface area contributed by atoms with Gasteiger partial charge in [0.15, 0.2) is 0 Å². The van der Waals surface area contributed by atoms with Crippen molar-refractivity contribution in [2.24, 2.45) is 0 Å². The first-order valence-electron chi connectivity index (χ1n) is 4.18. The zero-order valence-corrected chi connectivity index (χ0v) is 7.53. The van der Waals surface area contributed by atoms with Crippen molar-refractivity contribution in [3.8, 4) is 0 Å². The summed E-state index contributed by atoms with van der Waals surface area (Å²) >= 11 is 0. The van der Waals surface area contributed by atoms with Crippen molar-refractivity contribution in [2.45, 2.75) is 19.6 Å². The van der Waals surface area contributed by atoms with Crippen LogP contribution in [0.5, 0.6) is 0 Å². The molecule has 0 radical (unpaired) electrons. The molecule has 1 unspecified atom stereocenters.